The van der Waals surface area contributed by atoms with E-state index in [-0.39, 0.29) is 11.7 Å². The van der Waals surface area contributed by atoms with Gasteiger partial charge in [0, 0.05) is 37.8 Å². The lowest BCUT2D eigenvalue weighted by Gasteiger charge is -2.10. The van der Waals surface area contributed by atoms with Crippen LogP contribution in [0.1, 0.15) is 12.6 Å². The highest BCUT2D eigenvalue weighted by Gasteiger charge is 2.14. The summed E-state index contributed by atoms with van der Waals surface area (Å²) in [5.41, 5.74) is 6.54. The third-order valence-electron chi connectivity index (χ3n) is 2.24. The van der Waals surface area contributed by atoms with Crippen LogP contribution in [0.2, 0.25) is 0 Å². The Morgan fingerprint density at radius 3 is 2.85 bits per heavy atom. The largest absolute Gasteiger partial charge is 0.330 e. The number of hydrogen-bond donors (Lipinski definition) is 1. The van der Waals surface area contributed by atoms with Crippen LogP contribution in [0.15, 0.2) is 12.3 Å². The topological polar surface area (TPSA) is 60.9 Å². The van der Waals surface area contributed by atoms with Gasteiger partial charge in [0.15, 0.2) is 0 Å². The Hall–Kier alpha value is -1.16. The van der Waals surface area contributed by atoms with Crippen LogP contribution in [-0.4, -0.2) is 22.1 Å². The fourth-order valence-corrected chi connectivity index (χ4v) is 1.25. The van der Waals surface area contributed by atoms with Gasteiger partial charge >= 0.3 is 0 Å². The van der Waals surface area contributed by atoms with Gasteiger partial charge in [-0.2, -0.15) is 5.10 Å². The van der Waals surface area contributed by atoms with E-state index in [1.165, 1.54) is 0 Å². The summed E-state index contributed by atoms with van der Waals surface area (Å²) >= 11 is 0. The van der Waals surface area contributed by atoms with Crippen molar-refractivity contribution in [2.45, 2.75) is 13.3 Å². The standard InChI is InChI=1S/C9H15N3O/c1-7(13)8(6-10)5-9-3-4-11-12(9)2/h3-4,8H,5-6,10H2,1-2H3/t8-/m1/s1. The van der Waals surface area contributed by atoms with Crippen LogP contribution in [0.3, 0.4) is 0 Å². The predicted molar refractivity (Wildman–Crippen MR) is 50.1 cm³/mol. The number of carbonyl (C=O) groups is 1. The Morgan fingerprint density at radius 2 is 2.46 bits per heavy atom. The smallest absolute Gasteiger partial charge is 0.134 e. The van der Waals surface area contributed by atoms with Crippen molar-refractivity contribution in [3.8, 4) is 0 Å². The molecule has 0 spiro atoms. The second kappa shape index (κ2) is 4.18. The number of carbonyl (C=O) groups excluding carboxylic acids is 1. The third-order valence-corrected chi connectivity index (χ3v) is 2.24. The molecule has 1 aromatic heterocycles. The second-order valence-corrected chi connectivity index (χ2v) is 3.19. The molecule has 0 aliphatic heterocycles. The van der Waals surface area contributed by atoms with Gasteiger partial charge in [0.2, 0.25) is 0 Å². The molecule has 0 fully saturated rings. The van der Waals surface area contributed by atoms with Crippen molar-refractivity contribution in [2.75, 3.05) is 6.54 Å². The average Bonchev–Trinajstić information content (AvgIpc) is 2.46. The lowest BCUT2D eigenvalue weighted by molar-refractivity contribution is -0.120. The van der Waals surface area contributed by atoms with E-state index in [9.17, 15) is 4.79 Å². The van der Waals surface area contributed by atoms with Crippen LogP contribution in [0.25, 0.3) is 0 Å². The molecule has 2 N–H and O–H groups in total. The molecule has 0 saturated carbocycles. The summed E-state index contributed by atoms with van der Waals surface area (Å²) in [7, 11) is 1.86. The molecule has 4 nitrogen and oxygen atoms in total. The molecule has 1 atom stereocenters. The first-order chi connectivity index (χ1) is 6.15. The van der Waals surface area contributed by atoms with Crippen LogP contribution >= 0.6 is 0 Å². The van der Waals surface area contributed by atoms with Gasteiger partial charge in [0.1, 0.15) is 5.78 Å². The minimum Gasteiger partial charge on any atom is -0.330 e. The molecule has 0 aromatic carbocycles. The highest BCUT2D eigenvalue weighted by molar-refractivity contribution is 5.78. The highest BCUT2D eigenvalue weighted by atomic mass is 16.1. The lowest BCUT2D eigenvalue weighted by Crippen LogP contribution is -2.24. The summed E-state index contributed by atoms with van der Waals surface area (Å²) in [6, 6.07) is 1.91. The van der Waals surface area contributed by atoms with Crippen molar-refractivity contribution in [1.82, 2.24) is 9.78 Å². The Balaban J connectivity index is 2.67. The Kier molecular flexibility index (Phi) is 3.19. The first-order valence-electron chi connectivity index (χ1n) is 4.32. The van der Waals surface area contributed by atoms with E-state index in [4.69, 9.17) is 5.73 Å². The Morgan fingerprint density at radius 1 is 1.77 bits per heavy atom. The zero-order valence-electron chi connectivity index (χ0n) is 8.03. The van der Waals surface area contributed by atoms with E-state index in [1.54, 1.807) is 17.8 Å². The number of hydrogen-bond acceptors (Lipinski definition) is 3. The van der Waals surface area contributed by atoms with Crippen LogP contribution in [0.4, 0.5) is 0 Å². The molecule has 1 heterocycles. The lowest BCUT2D eigenvalue weighted by atomic mass is 9.99. The molecule has 0 aliphatic carbocycles. The van der Waals surface area contributed by atoms with Gasteiger partial charge in [-0.3, -0.25) is 9.48 Å². The van der Waals surface area contributed by atoms with Crippen LogP contribution < -0.4 is 5.73 Å². The van der Waals surface area contributed by atoms with Crippen molar-refractivity contribution in [1.29, 1.82) is 0 Å². The second-order valence-electron chi connectivity index (χ2n) is 3.19. The molecule has 1 aromatic rings. The van der Waals surface area contributed by atoms with Gasteiger partial charge in [-0.25, -0.2) is 0 Å². The van der Waals surface area contributed by atoms with Gasteiger partial charge in [-0.05, 0) is 13.0 Å². The first kappa shape index (κ1) is 9.92. The quantitative estimate of drug-likeness (QED) is 0.718. The molecule has 72 valence electrons. The number of aromatic nitrogens is 2. The van der Waals surface area contributed by atoms with Gasteiger partial charge in [-0.15, -0.1) is 0 Å². The number of nitrogens with zero attached hydrogens (tertiary/aromatic N) is 2. The number of Topliss-reactive ketones (excluding diaryl/α,β-unsaturated/α-hetero) is 1. The molecule has 0 radical (unpaired) electrons. The highest BCUT2D eigenvalue weighted by Crippen LogP contribution is 2.07. The molecular formula is C9H15N3O. The molecular weight excluding hydrogens is 166 g/mol. The van der Waals surface area contributed by atoms with E-state index in [1.807, 2.05) is 13.1 Å². The molecule has 0 amide bonds. The SMILES string of the molecule is CC(=O)[C@@H](CN)Cc1ccnn1C. The average molecular weight is 181 g/mol. The first-order valence-corrected chi connectivity index (χ1v) is 4.32. The molecule has 4 heteroatoms. The molecule has 0 saturated heterocycles. The van der Waals surface area contributed by atoms with E-state index in [2.05, 4.69) is 5.10 Å². The van der Waals surface area contributed by atoms with E-state index in [0.29, 0.717) is 13.0 Å². The monoisotopic (exact) mass is 181 g/mol. The normalized spacial score (nSPS) is 12.8. The Labute approximate surface area is 77.7 Å². The van der Waals surface area contributed by atoms with Gasteiger partial charge in [0.05, 0.1) is 0 Å². The van der Waals surface area contributed by atoms with Gasteiger partial charge in [0.25, 0.3) is 0 Å². The summed E-state index contributed by atoms with van der Waals surface area (Å²) in [4.78, 5) is 11.1. The van der Waals surface area contributed by atoms with Gasteiger partial charge in [-0.1, -0.05) is 0 Å². The molecule has 0 bridgehead atoms. The van der Waals surface area contributed by atoms with Crippen LogP contribution in [0.5, 0.6) is 0 Å². The van der Waals surface area contributed by atoms with Crippen LogP contribution in [0, 0.1) is 5.92 Å². The fraction of sp³-hybridized carbons (Fsp3) is 0.556. The van der Waals surface area contributed by atoms with Crippen molar-refractivity contribution in [2.24, 2.45) is 18.7 Å². The zero-order valence-corrected chi connectivity index (χ0v) is 8.03. The maximum Gasteiger partial charge on any atom is 0.134 e. The number of nitrogens with two attached hydrogens (primary N) is 1. The van der Waals surface area contributed by atoms with Crippen molar-refractivity contribution in [3.63, 3.8) is 0 Å². The molecule has 0 unspecified atom stereocenters. The Bertz CT molecular complexity index is 293. The summed E-state index contributed by atoms with van der Waals surface area (Å²) < 4.78 is 1.77. The summed E-state index contributed by atoms with van der Waals surface area (Å²) in [5, 5.41) is 4.03. The van der Waals surface area contributed by atoms with E-state index < -0.39 is 0 Å². The maximum atomic E-state index is 11.1. The minimum absolute atomic E-state index is 0.0737. The molecule has 1 rings (SSSR count). The third kappa shape index (κ3) is 2.39. The predicted octanol–water partition coefficient (Wildman–Crippen LogP) is 0.126. The number of aryl methyl sites for hydroxylation is 1. The molecule has 13 heavy (non-hydrogen) atoms. The fourth-order valence-electron chi connectivity index (χ4n) is 1.25. The van der Waals surface area contributed by atoms with E-state index >= 15 is 0 Å². The van der Waals surface area contributed by atoms with Crippen molar-refractivity contribution >= 4 is 5.78 Å². The van der Waals surface area contributed by atoms with Crippen LogP contribution in [-0.2, 0) is 18.3 Å². The number of rotatable bonds is 4. The minimum atomic E-state index is -0.0737. The number of ketones is 1. The van der Waals surface area contributed by atoms with Crippen molar-refractivity contribution < 1.29 is 4.79 Å². The summed E-state index contributed by atoms with van der Waals surface area (Å²) in [6.45, 7) is 1.98. The summed E-state index contributed by atoms with van der Waals surface area (Å²) in [6.07, 6.45) is 2.41. The summed E-state index contributed by atoms with van der Waals surface area (Å²) in [5.74, 6) is 0.0686. The van der Waals surface area contributed by atoms with Crippen molar-refractivity contribution in [3.05, 3.63) is 18.0 Å². The maximum absolute atomic E-state index is 11.1. The van der Waals surface area contributed by atoms with E-state index in [0.717, 1.165) is 5.69 Å². The van der Waals surface area contributed by atoms with Gasteiger partial charge < -0.3 is 5.73 Å². The molecule has 0 aliphatic rings. The zero-order chi connectivity index (χ0) is 9.84.